The number of anilines is 1. The molecule has 0 aliphatic carbocycles. The number of benzene rings is 1. The average molecular weight is 220 g/mol. The Morgan fingerprint density at radius 2 is 1.87 bits per heavy atom. The standard InChI is InChI=1S/C11H10ClN3/c1-7-11(14-6-10(13)15-7)8-2-4-9(12)5-3-8/h2-6H,1H3,(H2,13,15). The van der Waals surface area contributed by atoms with Crippen molar-refractivity contribution in [2.45, 2.75) is 6.92 Å². The molecule has 1 heterocycles. The van der Waals surface area contributed by atoms with Gasteiger partial charge in [0.15, 0.2) is 0 Å². The third-order valence-corrected chi connectivity index (χ3v) is 2.34. The Morgan fingerprint density at radius 3 is 2.47 bits per heavy atom. The van der Waals surface area contributed by atoms with Gasteiger partial charge in [0.05, 0.1) is 17.6 Å². The summed E-state index contributed by atoms with van der Waals surface area (Å²) >= 11 is 5.81. The van der Waals surface area contributed by atoms with Gasteiger partial charge in [-0.25, -0.2) is 4.98 Å². The third-order valence-electron chi connectivity index (χ3n) is 2.08. The number of hydrogen-bond acceptors (Lipinski definition) is 3. The fourth-order valence-corrected chi connectivity index (χ4v) is 1.52. The van der Waals surface area contributed by atoms with Gasteiger partial charge in [-0.1, -0.05) is 23.7 Å². The lowest BCUT2D eigenvalue weighted by Crippen LogP contribution is -1.97. The zero-order chi connectivity index (χ0) is 10.8. The van der Waals surface area contributed by atoms with Gasteiger partial charge in [0.25, 0.3) is 0 Å². The summed E-state index contributed by atoms with van der Waals surface area (Å²) in [6.07, 6.45) is 1.55. The van der Waals surface area contributed by atoms with Crippen molar-refractivity contribution in [2.75, 3.05) is 5.73 Å². The van der Waals surface area contributed by atoms with Gasteiger partial charge < -0.3 is 5.73 Å². The van der Waals surface area contributed by atoms with E-state index in [4.69, 9.17) is 17.3 Å². The molecule has 2 N–H and O–H groups in total. The van der Waals surface area contributed by atoms with Crippen LogP contribution in [-0.2, 0) is 0 Å². The van der Waals surface area contributed by atoms with Crippen LogP contribution in [0.3, 0.4) is 0 Å². The minimum atomic E-state index is 0.435. The summed E-state index contributed by atoms with van der Waals surface area (Å²) in [5.74, 6) is 0.435. The Labute approximate surface area is 92.9 Å². The van der Waals surface area contributed by atoms with Crippen LogP contribution in [0.2, 0.25) is 5.02 Å². The molecule has 0 radical (unpaired) electrons. The first-order valence-electron chi connectivity index (χ1n) is 4.52. The number of hydrogen-bond donors (Lipinski definition) is 1. The average Bonchev–Trinajstić information content (AvgIpc) is 2.20. The van der Waals surface area contributed by atoms with E-state index in [1.54, 1.807) is 6.20 Å². The molecule has 3 nitrogen and oxygen atoms in total. The van der Waals surface area contributed by atoms with Crippen molar-refractivity contribution in [1.29, 1.82) is 0 Å². The third kappa shape index (κ3) is 2.07. The number of aryl methyl sites for hydroxylation is 1. The minimum Gasteiger partial charge on any atom is -0.382 e. The molecule has 0 spiro atoms. The monoisotopic (exact) mass is 219 g/mol. The minimum absolute atomic E-state index is 0.435. The van der Waals surface area contributed by atoms with E-state index in [0.29, 0.717) is 10.8 Å². The van der Waals surface area contributed by atoms with E-state index >= 15 is 0 Å². The van der Waals surface area contributed by atoms with Crippen molar-refractivity contribution >= 4 is 17.4 Å². The Morgan fingerprint density at radius 1 is 1.20 bits per heavy atom. The predicted molar refractivity (Wildman–Crippen MR) is 61.6 cm³/mol. The molecule has 0 saturated heterocycles. The first-order chi connectivity index (χ1) is 7.16. The fraction of sp³-hybridized carbons (Fsp3) is 0.0909. The largest absolute Gasteiger partial charge is 0.382 e. The number of aromatic nitrogens is 2. The van der Waals surface area contributed by atoms with Crippen LogP contribution in [0.4, 0.5) is 5.82 Å². The van der Waals surface area contributed by atoms with E-state index in [1.165, 1.54) is 0 Å². The number of nitrogens with zero attached hydrogens (tertiary/aromatic N) is 2. The summed E-state index contributed by atoms with van der Waals surface area (Å²) in [4.78, 5) is 8.40. The van der Waals surface area contributed by atoms with Crippen LogP contribution >= 0.6 is 11.6 Å². The maximum Gasteiger partial charge on any atom is 0.142 e. The first-order valence-corrected chi connectivity index (χ1v) is 4.89. The highest BCUT2D eigenvalue weighted by molar-refractivity contribution is 6.30. The van der Waals surface area contributed by atoms with E-state index in [9.17, 15) is 0 Å². The van der Waals surface area contributed by atoms with Crippen LogP contribution in [0.15, 0.2) is 30.5 Å². The quantitative estimate of drug-likeness (QED) is 0.802. The fourth-order valence-electron chi connectivity index (χ4n) is 1.39. The first kappa shape index (κ1) is 9.93. The molecular weight excluding hydrogens is 210 g/mol. The second-order valence-electron chi connectivity index (χ2n) is 3.24. The molecule has 2 aromatic rings. The van der Waals surface area contributed by atoms with Gasteiger partial charge in [0.1, 0.15) is 5.82 Å². The Bertz CT molecular complexity index is 480. The van der Waals surface area contributed by atoms with Gasteiger partial charge in [-0.15, -0.1) is 0 Å². The molecule has 4 heteroatoms. The van der Waals surface area contributed by atoms with Crippen molar-refractivity contribution in [1.82, 2.24) is 9.97 Å². The number of nitrogen functional groups attached to an aromatic ring is 1. The van der Waals surface area contributed by atoms with Crippen LogP contribution < -0.4 is 5.73 Å². The van der Waals surface area contributed by atoms with Crippen LogP contribution in [0.25, 0.3) is 11.3 Å². The summed E-state index contributed by atoms with van der Waals surface area (Å²) in [5, 5.41) is 0.708. The van der Waals surface area contributed by atoms with Crippen LogP contribution in [-0.4, -0.2) is 9.97 Å². The Hall–Kier alpha value is -1.61. The molecule has 0 aliphatic heterocycles. The molecule has 0 amide bonds. The van der Waals surface area contributed by atoms with Gasteiger partial charge in [-0.2, -0.15) is 0 Å². The van der Waals surface area contributed by atoms with Crippen molar-refractivity contribution in [3.63, 3.8) is 0 Å². The molecule has 1 aromatic heterocycles. The second kappa shape index (κ2) is 3.87. The van der Waals surface area contributed by atoms with Crippen molar-refractivity contribution < 1.29 is 0 Å². The van der Waals surface area contributed by atoms with Gasteiger partial charge in [-0.3, -0.25) is 4.98 Å². The highest BCUT2D eigenvalue weighted by atomic mass is 35.5. The molecule has 0 unspecified atom stereocenters. The van der Waals surface area contributed by atoms with Crippen LogP contribution in [0.1, 0.15) is 5.69 Å². The van der Waals surface area contributed by atoms with Crippen molar-refractivity contribution in [3.8, 4) is 11.3 Å². The molecule has 15 heavy (non-hydrogen) atoms. The molecule has 76 valence electrons. The number of rotatable bonds is 1. The zero-order valence-electron chi connectivity index (χ0n) is 8.24. The normalized spacial score (nSPS) is 10.3. The maximum absolute atomic E-state index is 5.81. The van der Waals surface area contributed by atoms with Crippen LogP contribution in [0, 0.1) is 6.92 Å². The predicted octanol–water partition coefficient (Wildman–Crippen LogP) is 2.69. The van der Waals surface area contributed by atoms with E-state index < -0.39 is 0 Å². The van der Waals surface area contributed by atoms with E-state index in [-0.39, 0.29) is 0 Å². The Kier molecular flexibility index (Phi) is 2.56. The molecule has 0 atom stereocenters. The van der Waals surface area contributed by atoms with Gasteiger partial charge in [0.2, 0.25) is 0 Å². The Balaban J connectivity index is 2.49. The molecule has 1 aromatic carbocycles. The summed E-state index contributed by atoms with van der Waals surface area (Å²) in [6, 6.07) is 7.48. The SMILES string of the molecule is Cc1nc(N)cnc1-c1ccc(Cl)cc1. The lowest BCUT2D eigenvalue weighted by Gasteiger charge is -2.04. The molecule has 2 rings (SSSR count). The van der Waals surface area contributed by atoms with E-state index in [1.807, 2.05) is 31.2 Å². The topological polar surface area (TPSA) is 51.8 Å². The molecule has 0 saturated carbocycles. The van der Waals surface area contributed by atoms with E-state index in [2.05, 4.69) is 9.97 Å². The highest BCUT2D eigenvalue weighted by Crippen LogP contribution is 2.21. The summed E-state index contributed by atoms with van der Waals surface area (Å²) in [6.45, 7) is 1.88. The lowest BCUT2D eigenvalue weighted by atomic mass is 10.1. The molecular formula is C11H10ClN3. The summed E-state index contributed by atoms with van der Waals surface area (Å²) in [7, 11) is 0. The van der Waals surface area contributed by atoms with Gasteiger partial charge in [-0.05, 0) is 19.1 Å². The summed E-state index contributed by atoms with van der Waals surface area (Å²) < 4.78 is 0. The highest BCUT2D eigenvalue weighted by Gasteiger charge is 2.04. The smallest absolute Gasteiger partial charge is 0.142 e. The zero-order valence-corrected chi connectivity index (χ0v) is 8.99. The van der Waals surface area contributed by atoms with Crippen LogP contribution in [0.5, 0.6) is 0 Å². The van der Waals surface area contributed by atoms with E-state index in [0.717, 1.165) is 17.0 Å². The van der Waals surface area contributed by atoms with Crippen molar-refractivity contribution in [2.24, 2.45) is 0 Å². The second-order valence-corrected chi connectivity index (χ2v) is 3.67. The van der Waals surface area contributed by atoms with Crippen molar-refractivity contribution in [3.05, 3.63) is 41.2 Å². The maximum atomic E-state index is 5.81. The lowest BCUT2D eigenvalue weighted by molar-refractivity contribution is 1.13. The number of nitrogens with two attached hydrogens (primary N) is 1. The number of halogens is 1. The van der Waals surface area contributed by atoms with Gasteiger partial charge in [0, 0.05) is 10.6 Å². The summed E-state index contributed by atoms with van der Waals surface area (Å²) in [5.41, 5.74) is 8.18. The molecule has 0 fully saturated rings. The molecule has 0 aliphatic rings. The van der Waals surface area contributed by atoms with Gasteiger partial charge >= 0.3 is 0 Å². The molecule has 0 bridgehead atoms.